The van der Waals surface area contributed by atoms with Gasteiger partial charge in [-0.25, -0.2) is 4.98 Å². The van der Waals surface area contributed by atoms with Crippen LogP contribution in [0.1, 0.15) is 32.4 Å². The van der Waals surface area contributed by atoms with Crippen LogP contribution in [0.15, 0.2) is 17.8 Å². The van der Waals surface area contributed by atoms with Crippen molar-refractivity contribution in [2.45, 2.75) is 44.3 Å². The highest BCUT2D eigenvalue weighted by Crippen LogP contribution is 2.34. The molecule has 1 N–H and O–H groups in total. The first-order valence-corrected chi connectivity index (χ1v) is 7.11. The Kier molecular flexibility index (Phi) is 2.73. The normalized spacial score (nSPS) is 27.7. The molecule has 5 heteroatoms. The highest BCUT2D eigenvalue weighted by molar-refractivity contribution is 7.15. The molecule has 98 valence electrons. The molecule has 4 nitrogen and oxygen atoms in total. The van der Waals surface area contributed by atoms with E-state index in [0.29, 0.717) is 25.9 Å². The molecule has 0 aromatic carbocycles. The maximum atomic E-state index is 10.7. The van der Waals surface area contributed by atoms with Gasteiger partial charge in [0, 0.05) is 30.6 Å². The van der Waals surface area contributed by atoms with Crippen molar-refractivity contribution in [1.82, 2.24) is 9.38 Å². The molecule has 0 spiro atoms. The van der Waals surface area contributed by atoms with Crippen molar-refractivity contribution >= 4 is 16.3 Å². The highest BCUT2D eigenvalue weighted by atomic mass is 32.1. The zero-order valence-electron chi connectivity index (χ0n) is 10.7. The van der Waals surface area contributed by atoms with Crippen molar-refractivity contribution < 1.29 is 9.84 Å². The van der Waals surface area contributed by atoms with Crippen LogP contribution in [0.4, 0.5) is 0 Å². The molecule has 1 atom stereocenters. The fraction of sp³-hybridized carbons (Fsp3) is 0.615. The van der Waals surface area contributed by atoms with Crippen LogP contribution in [-0.4, -0.2) is 32.3 Å². The number of aromatic nitrogens is 2. The molecule has 18 heavy (non-hydrogen) atoms. The molecule has 0 radical (unpaired) electrons. The van der Waals surface area contributed by atoms with Gasteiger partial charge < -0.3 is 9.84 Å². The number of imidazole rings is 1. The van der Waals surface area contributed by atoms with Gasteiger partial charge in [0.15, 0.2) is 4.96 Å². The lowest BCUT2D eigenvalue weighted by Gasteiger charge is -2.41. The molecular weight excluding hydrogens is 248 g/mol. The second-order valence-corrected chi connectivity index (χ2v) is 6.63. The summed E-state index contributed by atoms with van der Waals surface area (Å²) in [5.74, 6) is 0. The molecule has 1 unspecified atom stereocenters. The molecule has 2 aromatic heterocycles. The standard InChI is InChI=1S/C13H18N2O2S/c1-12(2)9-13(16,3-5-17-12)7-10-8-15-4-6-18-11(15)14-10/h4,6,8,16H,3,5,7,9H2,1-2H3. The van der Waals surface area contributed by atoms with Gasteiger partial charge in [0.25, 0.3) is 0 Å². The van der Waals surface area contributed by atoms with Crippen LogP contribution < -0.4 is 0 Å². The average Bonchev–Trinajstić information content (AvgIpc) is 2.74. The minimum Gasteiger partial charge on any atom is -0.389 e. The van der Waals surface area contributed by atoms with E-state index in [1.165, 1.54) is 0 Å². The van der Waals surface area contributed by atoms with E-state index in [1.54, 1.807) is 11.3 Å². The third-order valence-corrected chi connectivity index (χ3v) is 4.24. The molecule has 1 aliphatic rings. The second-order valence-electron chi connectivity index (χ2n) is 5.76. The summed E-state index contributed by atoms with van der Waals surface area (Å²) in [6.07, 6.45) is 5.95. The van der Waals surface area contributed by atoms with Crippen molar-refractivity contribution in [3.8, 4) is 0 Å². The number of hydrogen-bond donors (Lipinski definition) is 1. The van der Waals surface area contributed by atoms with Crippen LogP contribution in [0.5, 0.6) is 0 Å². The minimum atomic E-state index is -0.689. The molecule has 3 heterocycles. The van der Waals surface area contributed by atoms with E-state index >= 15 is 0 Å². The first-order valence-electron chi connectivity index (χ1n) is 6.23. The Morgan fingerprint density at radius 3 is 3.11 bits per heavy atom. The van der Waals surface area contributed by atoms with E-state index in [2.05, 4.69) is 4.98 Å². The highest BCUT2D eigenvalue weighted by Gasteiger charge is 2.39. The molecular formula is C13H18N2O2S. The lowest BCUT2D eigenvalue weighted by atomic mass is 9.81. The number of thiazole rings is 1. The van der Waals surface area contributed by atoms with E-state index in [4.69, 9.17) is 4.74 Å². The Bertz CT molecular complexity index is 532. The lowest BCUT2D eigenvalue weighted by Crippen LogP contribution is -2.47. The molecule has 1 saturated heterocycles. The van der Waals surface area contributed by atoms with Gasteiger partial charge in [0.2, 0.25) is 0 Å². The zero-order chi connectivity index (χ0) is 12.8. The van der Waals surface area contributed by atoms with E-state index < -0.39 is 5.60 Å². The summed E-state index contributed by atoms with van der Waals surface area (Å²) in [5.41, 5.74) is 0.0256. The van der Waals surface area contributed by atoms with Gasteiger partial charge in [-0.05, 0) is 20.3 Å². The number of fused-ring (bicyclic) bond motifs is 1. The Hall–Kier alpha value is -0.910. The molecule has 2 aromatic rings. The minimum absolute atomic E-state index is 0.246. The van der Waals surface area contributed by atoms with Crippen LogP contribution in [0.2, 0.25) is 0 Å². The number of aliphatic hydroxyl groups is 1. The van der Waals surface area contributed by atoms with Gasteiger partial charge in [-0.15, -0.1) is 11.3 Å². The predicted molar refractivity (Wildman–Crippen MR) is 71.0 cm³/mol. The monoisotopic (exact) mass is 266 g/mol. The van der Waals surface area contributed by atoms with Gasteiger partial charge in [0.1, 0.15) is 0 Å². The van der Waals surface area contributed by atoms with E-state index in [9.17, 15) is 5.11 Å². The summed E-state index contributed by atoms with van der Waals surface area (Å²) >= 11 is 1.61. The summed E-state index contributed by atoms with van der Waals surface area (Å²) < 4.78 is 7.67. The molecule has 1 aliphatic heterocycles. The number of hydrogen-bond acceptors (Lipinski definition) is 4. The second kappa shape index (κ2) is 4.05. The van der Waals surface area contributed by atoms with E-state index in [-0.39, 0.29) is 5.60 Å². The van der Waals surface area contributed by atoms with Gasteiger partial charge in [-0.1, -0.05) is 0 Å². The lowest BCUT2D eigenvalue weighted by molar-refractivity contribution is -0.143. The maximum absolute atomic E-state index is 10.7. The Morgan fingerprint density at radius 1 is 1.56 bits per heavy atom. The first-order chi connectivity index (χ1) is 8.46. The van der Waals surface area contributed by atoms with Crippen molar-refractivity contribution in [3.63, 3.8) is 0 Å². The summed E-state index contributed by atoms with van der Waals surface area (Å²) in [6.45, 7) is 4.68. The zero-order valence-corrected chi connectivity index (χ0v) is 11.5. The van der Waals surface area contributed by atoms with Crippen molar-refractivity contribution in [2.75, 3.05) is 6.61 Å². The number of nitrogens with zero attached hydrogens (tertiary/aromatic N) is 2. The number of rotatable bonds is 2. The van der Waals surface area contributed by atoms with E-state index in [0.717, 1.165) is 10.7 Å². The van der Waals surface area contributed by atoms with Gasteiger partial charge in [-0.2, -0.15) is 0 Å². The molecule has 0 bridgehead atoms. The Labute approximate surface area is 110 Å². The largest absolute Gasteiger partial charge is 0.389 e. The SMILES string of the molecule is CC1(C)CC(O)(Cc2cn3ccsc3n2)CCO1. The average molecular weight is 266 g/mol. The molecule has 3 rings (SSSR count). The van der Waals surface area contributed by atoms with Crippen molar-refractivity contribution in [1.29, 1.82) is 0 Å². The van der Waals surface area contributed by atoms with Gasteiger partial charge in [-0.3, -0.25) is 4.40 Å². The Morgan fingerprint density at radius 2 is 2.39 bits per heavy atom. The van der Waals surface area contributed by atoms with E-state index in [1.807, 2.05) is 36.0 Å². The van der Waals surface area contributed by atoms with Crippen LogP contribution >= 0.6 is 11.3 Å². The van der Waals surface area contributed by atoms with Crippen molar-refractivity contribution in [3.05, 3.63) is 23.5 Å². The molecule has 0 saturated carbocycles. The predicted octanol–water partition coefficient (Wildman–Crippen LogP) is 2.26. The third-order valence-electron chi connectivity index (χ3n) is 3.47. The topological polar surface area (TPSA) is 46.8 Å². The molecule has 0 amide bonds. The summed E-state index contributed by atoms with van der Waals surface area (Å²) in [5, 5.41) is 12.7. The van der Waals surface area contributed by atoms with Gasteiger partial charge >= 0.3 is 0 Å². The summed E-state index contributed by atoms with van der Waals surface area (Å²) in [6, 6.07) is 0. The van der Waals surface area contributed by atoms with Gasteiger partial charge in [0.05, 0.1) is 23.5 Å². The van der Waals surface area contributed by atoms with Crippen LogP contribution in [0, 0.1) is 0 Å². The summed E-state index contributed by atoms with van der Waals surface area (Å²) in [7, 11) is 0. The summed E-state index contributed by atoms with van der Waals surface area (Å²) in [4.78, 5) is 5.53. The molecule has 1 fully saturated rings. The quantitative estimate of drug-likeness (QED) is 0.907. The fourth-order valence-corrected chi connectivity index (χ4v) is 3.52. The van der Waals surface area contributed by atoms with Crippen LogP contribution in [0.3, 0.4) is 0 Å². The Balaban J connectivity index is 1.80. The fourth-order valence-electron chi connectivity index (χ4n) is 2.80. The molecule has 0 aliphatic carbocycles. The van der Waals surface area contributed by atoms with Crippen LogP contribution in [0.25, 0.3) is 4.96 Å². The maximum Gasteiger partial charge on any atom is 0.193 e. The van der Waals surface area contributed by atoms with Crippen molar-refractivity contribution in [2.24, 2.45) is 0 Å². The smallest absolute Gasteiger partial charge is 0.193 e. The van der Waals surface area contributed by atoms with Crippen LogP contribution in [-0.2, 0) is 11.2 Å². The first kappa shape index (κ1) is 12.1. The third kappa shape index (κ3) is 2.30. The number of ether oxygens (including phenoxy) is 1.